The number of aromatic nitrogens is 1. The predicted molar refractivity (Wildman–Crippen MR) is 74.1 cm³/mol. The zero-order valence-electron chi connectivity index (χ0n) is 11.6. The monoisotopic (exact) mass is 248 g/mol. The minimum Gasteiger partial charge on any atom is -0.342 e. The summed E-state index contributed by atoms with van der Waals surface area (Å²) in [5.41, 5.74) is 2.16. The second kappa shape index (κ2) is 6.19. The minimum atomic E-state index is 0.659. The van der Waals surface area contributed by atoms with E-state index in [4.69, 9.17) is 0 Å². The van der Waals surface area contributed by atoms with Gasteiger partial charge < -0.3 is 4.57 Å². The van der Waals surface area contributed by atoms with Gasteiger partial charge in [-0.3, -0.25) is 9.69 Å². The molecule has 1 aromatic heterocycles. The summed E-state index contributed by atoms with van der Waals surface area (Å²) in [7, 11) is 0. The molecule has 0 spiro atoms. The first-order valence-electron chi connectivity index (χ1n) is 7.17. The van der Waals surface area contributed by atoms with Gasteiger partial charge in [0, 0.05) is 24.7 Å². The fraction of sp³-hybridized carbons (Fsp3) is 0.667. The zero-order valence-corrected chi connectivity index (χ0v) is 11.6. The topological polar surface area (TPSA) is 25.2 Å². The number of carbonyl (C=O) groups is 1. The molecule has 0 unspecified atom stereocenters. The fourth-order valence-corrected chi connectivity index (χ4v) is 3.07. The van der Waals surface area contributed by atoms with E-state index in [1.807, 2.05) is 6.07 Å². The largest absolute Gasteiger partial charge is 0.342 e. The van der Waals surface area contributed by atoms with E-state index in [1.54, 1.807) is 0 Å². The number of carbonyl (C=O) groups excluding carboxylic acids is 1. The highest BCUT2D eigenvalue weighted by atomic mass is 16.1. The van der Waals surface area contributed by atoms with E-state index in [-0.39, 0.29) is 0 Å². The Morgan fingerprint density at radius 2 is 2.06 bits per heavy atom. The summed E-state index contributed by atoms with van der Waals surface area (Å²) in [5.74, 6) is 0. The van der Waals surface area contributed by atoms with Crippen molar-refractivity contribution < 1.29 is 4.79 Å². The smallest absolute Gasteiger partial charge is 0.166 e. The minimum absolute atomic E-state index is 0.659. The van der Waals surface area contributed by atoms with E-state index in [9.17, 15) is 4.79 Å². The van der Waals surface area contributed by atoms with Crippen LogP contribution >= 0.6 is 0 Å². The van der Waals surface area contributed by atoms with Crippen LogP contribution in [0.3, 0.4) is 0 Å². The van der Waals surface area contributed by atoms with E-state index in [2.05, 4.69) is 29.4 Å². The molecular formula is C15H24N2O. The predicted octanol–water partition coefficient (Wildman–Crippen LogP) is 2.74. The summed E-state index contributed by atoms with van der Waals surface area (Å²) >= 11 is 0. The molecule has 18 heavy (non-hydrogen) atoms. The number of aldehydes is 1. The number of fused-ring (bicyclic) bond motifs is 1. The van der Waals surface area contributed by atoms with Crippen molar-refractivity contribution in [1.29, 1.82) is 0 Å². The van der Waals surface area contributed by atoms with Crippen LogP contribution in [-0.4, -0.2) is 34.9 Å². The van der Waals surface area contributed by atoms with Crippen molar-refractivity contribution in [1.82, 2.24) is 9.47 Å². The van der Waals surface area contributed by atoms with Crippen LogP contribution in [0.1, 0.15) is 49.3 Å². The normalized spacial score (nSPS) is 18.9. The maximum atomic E-state index is 10.9. The molecule has 1 aromatic rings. The number of rotatable bonds is 6. The Bertz CT molecular complexity index is 391. The first-order chi connectivity index (χ1) is 8.80. The molecule has 3 heteroatoms. The molecular weight excluding hydrogens is 224 g/mol. The maximum absolute atomic E-state index is 10.9. The van der Waals surface area contributed by atoms with E-state index >= 15 is 0 Å². The lowest BCUT2D eigenvalue weighted by molar-refractivity contribution is 0.111. The summed E-state index contributed by atoms with van der Waals surface area (Å²) in [6.07, 6.45) is 5.67. The lowest BCUT2D eigenvalue weighted by atomic mass is 10.0. The van der Waals surface area contributed by atoms with Crippen molar-refractivity contribution in [3.63, 3.8) is 0 Å². The lowest BCUT2D eigenvalue weighted by Gasteiger charge is -2.35. The van der Waals surface area contributed by atoms with E-state index in [0.29, 0.717) is 6.04 Å². The quantitative estimate of drug-likeness (QED) is 0.723. The third kappa shape index (κ3) is 2.66. The molecule has 2 rings (SSSR count). The molecule has 1 aliphatic rings. The SMILES string of the molecule is CCCN(CCC)[C@@H]1CCn2c(C=O)ccc2C1. The van der Waals surface area contributed by atoms with Crippen LogP contribution in [0.5, 0.6) is 0 Å². The molecule has 0 fully saturated rings. The highest BCUT2D eigenvalue weighted by Gasteiger charge is 2.24. The number of hydrogen-bond donors (Lipinski definition) is 0. The third-order valence-electron chi connectivity index (χ3n) is 3.89. The Balaban J connectivity index is 2.08. The summed E-state index contributed by atoms with van der Waals surface area (Å²) in [4.78, 5) is 13.6. The third-order valence-corrected chi connectivity index (χ3v) is 3.89. The molecule has 100 valence electrons. The first-order valence-corrected chi connectivity index (χ1v) is 7.17. The van der Waals surface area contributed by atoms with Crippen molar-refractivity contribution >= 4 is 6.29 Å². The van der Waals surface area contributed by atoms with Gasteiger partial charge in [0.2, 0.25) is 0 Å². The molecule has 0 N–H and O–H groups in total. The average molecular weight is 248 g/mol. The standard InChI is InChI=1S/C15H24N2O/c1-3-8-16(9-4-2)13-7-10-17-14(11-13)5-6-15(17)12-18/h5-6,12-13H,3-4,7-11H2,1-2H3/t13-/m1/s1. The maximum Gasteiger partial charge on any atom is 0.166 e. The van der Waals surface area contributed by atoms with Crippen LogP contribution in [0, 0.1) is 0 Å². The van der Waals surface area contributed by atoms with Gasteiger partial charge in [-0.15, -0.1) is 0 Å². The van der Waals surface area contributed by atoms with Gasteiger partial charge >= 0.3 is 0 Å². The highest BCUT2D eigenvalue weighted by Crippen LogP contribution is 2.22. The average Bonchev–Trinajstić information content (AvgIpc) is 2.80. The van der Waals surface area contributed by atoms with Crippen molar-refractivity contribution in [2.75, 3.05) is 13.1 Å². The molecule has 2 heterocycles. The van der Waals surface area contributed by atoms with Gasteiger partial charge in [-0.2, -0.15) is 0 Å². The van der Waals surface area contributed by atoms with Crippen LogP contribution < -0.4 is 0 Å². The molecule has 0 aliphatic carbocycles. The molecule has 0 radical (unpaired) electrons. The van der Waals surface area contributed by atoms with Gasteiger partial charge in [0.25, 0.3) is 0 Å². The van der Waals surface area contributed by atoms with E-state index in [1.165, 1.54) is 38.0 Å². The van der Waals surface area contributed by atoms with Gasteiger partial charge in [-0.1, -0.05) is 13.8 Å². The van der Waals surface area contributed by atoms with Crippen LogP contribution in [0.4, 0.5) is 0 Å². The van der Waals surface area contributed by atoms with Gasteiger partial charge in [-0.05, 0) is 44.5 Å². The van der Waals surface area contributed by atoms with E-state index < -0.39 is 0 Å². The van der Waals surface area contributed by atoms with Crippen LogP contribution in [0.15, 0.2) is 12.1 Å². The number of hydrogen-bond acceptors (Lipinski definition) is 2. The van der Waals surface area contributed by atoms with Crippen LogP contribution in [0.2, 0.25) is 0 Å². The van der Waals surface area contributed by atoms with Gasteiger partial charge in [0.15, 0.2) is 6.29 Å². The molecule has 0 amide bonds. The van der Waals surface area contributed by atoms with Crippen LogP contribution in [-0.2, 0) is 13.0 Å². The van der Waals surface area contributed by atoms with Gasteiger partial charge in [0.05, 0.1) is 5.69 Å². The molecule has 3 nitrogen and oxygen atoms in total. The second-order valence-electron chi connectivity index (χ2n) is 5.20. The summed E-state index contributed by atoms with van der Waals surface area (Å²) < 4.78 is 2.18. The fourth-order valence-electron chi connectivity index (χ4n) is 3.07. The van der Waals surface area contributed by atoms with Crippen molar-refractivity contribution in [3.05, 3.63) is 23.5 Å². The zero-order chi connectivity index (χ0) is 13.0. The Labute approximate surface area is 110 Å². The molecule has 0 bridgehead atoms. The Kier molecular flexibility index (Phi) is 4.59. The summed E-state index contributed by atoms with van der Waals surface area (Å²) in [5, 5.41) is 0. The Hall–Kier alpha value is -1.09. The molecule has 0 aromatic carbocycles. The van der Waals surface area contributed by atoms with Crippen molar-refractivity contribution in [2.24, 2.45) is 0 Å². The summed E-state index contributed by atoms with van der Waals surface area (Å²) in [6.45, 7) is 7.88. The van der Waals surface area contributed by atoms with Gasteiger partial charge in [0.1, 0.15) is 0 Å². The molecule has 1 atom stereocenters. The van der Waals surface area contributed by atoms with Crippen LogP contribution in [0.25, 0.3) is 0 Å². The lowest BCUT2D eigenvalue weighted by Crippen LogP contribution is -2.41. The Morgan fingerprint density at radius 1 is 1.33 bits per heavy atom. The number of nitrogens with zero attached hydrogens (tertiary/aromatic N) is 2. The second-order valence-corrected chi connectivity index (χ2v) is 5.20. The summed E-state index contributed by atoms with van der Waals surface area (Å²) in [6, 6.07) is 4.73. The first kappa shape index (κ1) is 13.3. The Morgan fingerprint density at radius 3 is 2.67 bits per heavy atom. The van der Waals surface area contributed by atoms with Gasteiger partial charge in [-0.25, -0.2) is 0 Å². The van der Waals surface area contributed by atoms with E-state index in [0.717, 1.165) is 24.9 Å². The van der Waals surface area contributed by atoms with Crippen molar-refractivity contribution in [3.8, 4) is 0 Å². The molecule has 1 aliphatic heterocycles. The highest BCUT2D eigenvalue weighted by molar-refractivity contribution is 5.72. The molecule has 0 saturated carbocycles. The van der Waals surface area contributed by atoms with Crippen molar-refractivity contribution in [2.45, 2.75) is 52.1 Å². The molecule has 0 saturated heterocycles.